The van der Waals surface area contributed by atoms with Crippen LogP contribution in [0.15, 0.2) is 59.3 Å². The minimum Gasteiger partial charge on any atom is -0.312 e. The largest absolute Gasteiger partial charge is 0.312 e. The monoisotopic (exact) mass is 359 g/mol. The number of pyridine rings is 1. The van der Waals surface area contributed by atoms with Crippen molar-refractivity contribution in [2.75, 3.05) is 5.32 Å². The first-order valence-electron chi connectivity index (χ1n) is 6.16. The van der Waals surface area contributed by atoms with Gasteiger partial charge >= 0.3 is 0 Å². The Kier molecular flexibility index (Phi) is 4.08. The number of rotatable bonds is 3. The van der Waals surface area contributed by atoms with Crippen molar-refractivity contribution in [3.8, 4) is 11.3 Å². The number of carbonyl (C=O) groups excluding carboxylic acids is 1. The Labute approximate surface area is 134 Å². The number of carbonyl (C=O) groups is 1. The van der Waals surface area contributed by atoms with Crippen molar-refractivity contribution in [2.24, 2.45) is 0 Å². The fourth-order valence-corrected chi connectivity index (χ4v) is 2.82. The molecule has 2 aromatic heterocycles. The molecule has 1 aromatic carbocycles. The van der Waals surface area contributed by atoms with Gasteiger partial charge in [0.15, 0.2) is 0 Å². The van der Waals surface area contributed by atoms with Crippen LogP contribution in [0.1, 0.15) is 10.4 Å². The highest BCUT2D eigenvalue weighted by atomic mass is 79.9. The van der Waals surface area contributed by atoms with E-state index in [0.717, 1.165) is 15.7 Å². The van der Waals surface area contributed by atoms with Crippen LogP contribution in [0.4, 0.5) is 5.00 Å². The number of hydrogen-bond donors (Lipinski definition) is 1. The van der Waals surface area contributed by atoms with Crippen molar-refractivity contribution in [1.82, 2.24) is 9.36 Å². The smallest absolute Gasteiger partial charge is 0.257 e. The zero-order valence-electron chi connectivity index (χ0n) is 10.8. The highest BCUT2D eigenvalue weighted by Crippen LogP contribution is 2.25. The fourth-order valence-electron chi connectivity index (χ4n) is 1.80. The molecule has 0 aliphatic carbocycles. The molecule has 0 atom stereocenters. The number of nitrogens with zero attached hydrogens (tertiary/aromatic N) is 2. The molecule has 0 bridgehead atoms. The van der Waals surface area contributed by atoms with Crippen molar-refractivity contribution < 1.29 is 4.79 Å². The zero-order chi connectivity index (χ0) is 14.7. The number of amides is 1. The second-order valence-corrected chi connectivity index (χ2v) is 6.01. The normalized spacial score (nSPS) is 10.3. The van der Waals surface area contributed by atoms with E-state index >= 15 is 0 Å². The molecule has 3 aromatic rings. The average Bonchev–Trinajstić information content (AvgIpc) is 2.97. The van der Waals surface area contributed by atoms with Crippen LogP contribution in [0, 0.1) is 0 Å². The van der Waals surface area contributed by atoms with E-state index in [2.05, 4.69) is 30.6 Å². The fraction of sp³-hybridized carbons (Fsp3) is 0. The van der Waals surface area contributed by atoms with Crippen LogP contribution in [0.5, 0.6) is 0 Å². The Balaban J connectivity index is 1.77. The molecule has 0 saturated heterocycles. The second-order valence-electron chi connectivity index (χ2n) is 4.29. The van der Waals surface area contributed by atoms with E-state index in [9.17, 15) is 4.79 Å². The molecule has 6 heteroatoms. The maximum absolute atomic E-state index is 12.1. The standard InChI is InChI=1S/C15H10BrN3OS/c16-12-6-11(8-17-9-12)15(20)18-14-7-13(19-21-14)10-4-2-1-3-5-10/h1-9H,(H,18,20). The van der Waals surface area contributed by atoms with Gasteiger partial charge < -0.3 is 5.32 Å². The van der Waals surface area contributed by atoms with E-state index < -0.39 is 0 Å². The molecular formula is C15H10BrN3OS. The lowest BCUT2D eigenvalue weighted by Crippen LogP contribution is -2.11. The molecule has 4 nitrogen and oxygen atoms in total. The summed E-state index contributed by atoms with van der Waals surface area (Å²) in [6.45, 7) is 0. The van der Waals surface area contributed by atoms with Crippen molar-refractivity contribution in [1.29, 1.82) is 0 Å². The Morgan fingerprint density at radius 3 is 2.71 bits per heavy atom. The topological polar surface area (TPSA) is 54.9 Å². The summed E-state index contributed by atoms with van der Waals surface area (Å²) in [5.74, 6) is -0.202. The molecular weight excluding hydrogens is 350 g/mol. The summed E-state index contributed by atoms with van der Waals surface area (Å²) in [5, 5.41) is 3.54. The van der Waals surface area contributed by atoms with E-state index in [-0.39, 0.29) is 5.91 Å². The molecule has 0 saturated carbocycles. The van der Waals surface area contributed by atoms with Gasteiger partial charge in [0.25, 0.3) is 5.91 Å². The predicted octanol–water partition coefficient (Wildman–Crippen LogP) is 4.22. The lowest BCUT2D eigenvalue weighted by atomic mass is 10.1. The van der Waals surface area contributed by atoms with Crippen molar-refractivity contribution in [2.45, 2.75) is 0 Å². The summed E-state index contributed by atoms with van der Waals surface area (Å²) in [6.07, 6.45) is 3.16. The van der Waals surface area contributed by atoms with E-state index in [1.54, 1.807) is 12.3 Å². The third kappa shape index (κ3) is 3.34. The SMILES string of the molecule is O=C(Nc1cc(-c2ccccc2)ns1)c1cncc(Br)c1. The summed E-state index contributed by atoms with van der Waals surface area (Å²) in [6, 6.07) is 13.4. The summed E-state index contributed by atoms with van der Waals surface area (Å²) in [5.41, 5.74) is 2.38. The molecule has 0 unspecified atom stereocenters. The van der Waals surface area contributed by atoms with Crippen LogP contribution < -0.4 is 5.32 Å². The quantitative estimate of drug-likeness (QED) is 0.761. The van der Waals surface area contributed by atoms with Crippen molar-refractivity contribution in [3.05, 3.63) is 64.9 Å². The van der Waals surface area contributed by atoms with E-state index in [0.29, 0.717) is 10.6 Å². The summed E-state index contributed by atoms with van der Waals surface area (Å²) >= 11 is 4.56. The van der Waals surface area contributed by atoms with E-state index in [1.165, 1.54) is 17.7 Å². The summed E-state index contributed by atoms with van der Waals surface area (Å²) in [7, 11) is 0. The number of nitrogens with one attached hydrogen (secondary N) is 1. The molecule has 1 amide bonds. The summed E-state index contributed by atoms with van der Waals surface area (Å²) < 4.78 is 5.12. The Morgan fingerprint density at radius 2 is 1.95 bits per heavy atom. The van der Waals surface area contributed by atoms with Gasteiger partial charge in [-0.15, -0.1) is 0 Å². The van der Waals surface area contributed by atoms with Gasteiger partial charge in [0.2, 0.25) is 0 Å². The molecule has 2 heterocycles. The van der Waals surface area contributed by atoms with Gasteiger partial charge in [-0.25, -0.2) is 0 Å². The second kappa shape index (κ2) is 6.15. The van der Waals surface area contributed by atoms with Gasteiger partial charge in [0.1, 0.15) is 5.00 Å². The number of benzene rings is 1. The third-order valence-electron chi connectivity index (χ3n) is 2.78. The molecule has 21 heavy (non-hydrogen) atoms. The third-order valence-corrected chi connectivity index (χ3v) is 3.92. The van der Waals surface area contributed by atoms with Gasteiger partial charge in [-0.3, -0.25) is 9.78 Å². The van der Waals surface area contributed by atoms with E-state index in [4.69, 9.17) is 0 Å². The molecule has 3 rings (SSSR count). The van der Waals surface area contributed by atoms with Gasteiger partial charge in [-0.1, -0.05) is 30.3 Å². The van der Waals surface area contributed by atoms with Crippen LogP contribution >= 0.6 is 27.5 Å². The number of halogens is 1. The molecule has 1 N–H and O–H groups in total. The van der Waals surface area contributed by atoms with Crippen LogP contribution in [0.25, 0.3) is 11.3 Å². The Bertz CT molecular complexity index is 773. The van der Waals surface area contributed by atoms with Gasteiger partial charge in [-0.05, 0) is 33.5 Å². The van der Waals surface area contributed by atoms with Gasteiger partial charge in [0, 0.05) is 28.5 Å². The predicted molar refractivity (Wildman–Crippen MR) is 87.4 cm³/mol. The van der Waals surface area contributed by atoms with Crippen LogP contribution in [0.2, 0.25) is 0 Å². The highest BCUT2D eigenvalue weighted by Gasteiger charge is 2.10. The maximum atomic E-state index is 12.1. The number of hydrogen-bond acceptors (Lipinski definition) is 4. The van der Waals surface area contributed by atoms with Crippen molar-refractivity contribution >= 4 is 38.4 Å². The Morgan fingerprint density at radius 1 is 1.14 bits per heavy atom. The Hall–Kier alpha value is -2.05. The first-order valence-corrected chi connectivity index (χ1v) is 7.73. The van der Waals surface area contributed by atoms with E-state index in [1.807, 2.05) is 36.4 Å². The molecule has 0 aliphatic heterocycles. The number of anilines is 1. The van der Waals surface area contributed by atoms with Crippen LogP contribution in [-0.2, 0) is 0 Å². The molecule has 104 valence electrons. The lowest BCUT2D eigenvalue weighted by Gasteiger charge is -2.01. The van der Waals surface area contributed by atoms with Crippen LogP contribution in [-0.4, -0.2) is 15.3 Å². The average molecular weight is 360 g/mol. The van der Waals surface area contributed by atoms with Gasteiger partial charge in [0.05, 0.1) is 11.3 Å². The molecule has 0 aliphatic rings. The number of aromatic nitrogens is 2. The molecule has 0 radical (unpaired) electrons. The lowest BCUT2D eigenvalue weighted by molar-refractivity contribution is 0.102. The summed E-state index contributed by atoms with van der Waals surface area (Å²) in [4.78, 5) is 16.1. The minimum atomic E-state index is -0.202. The molecule has 0 spiro atoms. The molecule has 0 fully saturated rings. The van der Waals surface area contributed by atoms with Gasteiger partial charge in [-0.2, -0.15) is 4.37 Å². The maximum Gasteiger partial charge on any atom is 0.257 e. The first-order chi connectivity index (χ1) is 10.2. The minimum absolute atomic E-state index is 0.202. The van der Waals surface area contributed by atoms with Crippen LogP contribution in [0.3, 0.4) is 0 Å². The first kappa shape index (κ1) is 13.9. The highest BCUT2D eigenvalue weighted by molar-refractivity contribution is 9.10. The zero-order valence-corrected chi connectivity index (χ0v) is 13.2. The van der Waals surface area contributed by atoms with Crippen molar-refractivity contribution in [3.63, 3.8) is 0 Å².